The van der Waals surface area contributed by atoms with Crippen LogP contribution in [0.2, 0.25) is 0 Å². The molecule has 2 unspecified atom stereocenters. The highest BCUT2D eigenvalue weighted by molar-refractivity contribution is 5.91. The van der Waals surface area contributed by atoms with Crippen molar-refractivity contribution in [2.45, 2.75) is 32.4 Å². The van der Waals surface area contributed by atoms with Crippen molar-refractivity contribution >= 4 is 5.91 Å². The van der Waals surface area contributed by atoms with Gasteiger partial charge in [0.1, 0.15) is 0 Å². The Labute approximate surface area is 141 Å². The molecule has 0 saturated carbocycles. The Morgan fingerprint density at radius 3 is 3.00 bits per heavy atom. The number of aromatic nitrogens is 2. The fourth-order valence-corrected chi connectivity index (χ4v) is 3.91. The number of piperidine rings is 1. The zero-order valence-corrected chi connectivity index (χ0v) is 13.9. The van der Waals surface area contributed by atoms with E-state index in [9.17, 15) is 4.79 Å². The number of pyridine rings is 1. The summed E-state index contributed by atoms with van der Waals surface area (Å²) >= 11 is 0. The summed E-state index contributed by atoms with van der Waals surface area (Å²) in [6.45, 7) is 5.48. The largest absolute Gasteiger partial charge is 0.351 e. The maximum absolute atomic E-state index is 12.8. The molecule has 0 spiro atoms. The van der Waals surface area contributed by atoms with E-state index in [1.807, 2.05) is 24.1 Å². The van der Waals surface area contributed by atoms with Gasteiger partial charge in [-0.2, -0.15) is 0 Å². The predicted molar refractivity (Wildman–Crippen MR) is 88.3 cm³/mol. The number of carbonyl (C=O) groups excluding carboxylic acids is 1. The summed E-state index contributed by atoms with van der Waals surface area (Å²) in [5.41, 5.74) is 1.97. The Hall–Kier alpha value is -2.21. The minimum atomic E-state index is -0.0199. The molecule has 3 fully saturated rings. The Bertz CT molecular complexity index is 715. The van der Waals surface area contributed by atoms with Crippen LogP contribution in [-0.2, 0) is 6.54 Å². The normalized spacial score (nSPS) is 24.1. The molecule has 0 N–H and O–H groups in total. The highest BCUT2D eigenvalue weighted by Gasteiger charge is 2.38. The topological polar surface area (TPSA) is 62.5 Å². The summed E-state index contributed by atoms with van der Waals surface area (Å²) in [5.74, 6) is 0.862. The highest BCUT2D eigenvalue weighted by Crippen LogP contribution is 2.30. The van der Waals surface area contributed by atoms with Crippen molar-refractivity contribution in [3.63, 3.8) is 0 Å². The second kappa shape index (κ2) is 6.36. The van der Waals surface area contributed by atoms with Gasteiger partial charge in [-0.1, -0.05) is 11.2 Å². The molecule has 5 rings (SSSR count). The van der Waals surface area contributed by atoms with Crippen LogP contribution in [0.25, 0.3) is 0 Å². The molecule has 0 aromatic carbocycles. The Morgan fingerprint density at radius 2 is 2.25 bits per heavy atom. The summed E-state index contributed by atoms with van der Waals surface area (Å²) in [4.78, 5) is 21.4. The number of amides is 1. The molecular weight excluding hydrogens is 304 g/mol. The summed E-state index contributed by atoms with van der Waals surface area (Å²) in [7, 11) is 0. The molecule has 24 heavy (non-hydrogen) atoms. The zero-order valence-electron chi connectivity index (χ0n) is 13.9. The van der Waals surface area contributed by atoms with E-state index in [0.29, 0.717) is 11.7 Å². The Kier molecular flexibility index (Phi) is 4.06. The van der Waals surface area contributed by atoms with E-state index in [0.717, 1.165) is 38.3 Å². The van der Waals surface area contributed by atoms with Gasteiger partial charge in [0.2, 0.25) is 5.76 Å². The minimum absolute atomic E-state index is 0.0199. The maximum atomic E-state index is 12.8. The van der Waals surface area contributed by atoms with Crippen molar-refractivity contribution in [1.82, 2.24) is 19.9 Å². The first kappa shape index (κ1) is 15.3. The number of fused-ring (bicyclic) bond motifs is 4. The standard InChI is InChI=1S/C18H22N4O2/c1-13-7-17(24-20-13)18(23)22-11-15-4-5-16(22)12-21(10-15)9-14-3-2-6-19-8-14/h2-3,6-8,15-16H,4-5,9-12H2,1H3. The van der Waals surface area contributed by atoms with Crippen LogP contribution < -0.4 is 0 Å². The van der Waals surface area contributed by atoms with E-state index in [1.54, 1.807) is 12.3 Å². The number of aryl methyl sites for hydroxylation is 1. The summed E-state index contributed by atoms with van der Waals surface area (Å²) in [6.07, 6.45) is 5.98. The van der Waals surface area contributed by atoms with Gasteiger partial charge in [0.05, 0.1) is 5.69 Å². The van der Waals surface area contributed by atoms with E-state index in [1.165, 1.54) is 12.0 Å². The van der Waals surface area contributed by atoms with Crippen LogP contribution in [0.5, 0.6) is 0 Å². The molecule has 2 bridgehead atoms. The summed E-state index contributed by atoms with van der Waals surface area (Å²) in [5, 5.41) is 3.85. The SMILES string of the molecule is Cc1cc(C(=O)N2CC3CCC2CN(Cc2cccnc2)C3)on1. The first-order chi connectivity index (χ1) is 11.7. The van der Waals surface area contributed by atoms with Crippen LogP contribution in [0, 0.1) is 12.8 Å². The maximum Gasteiger partial charge on any atom is 0.292 e. The van der Waals surface area contributed by atoms with Gasteiger partial charge in [0.25, 0.3) is 5.91 Å². The molecule has 6 nitrogen and oxygen atoms in total. The second-order valence-electron chi connectivity index (χ2n) is 6.94. The van der Waals surface area contributed by atoms with E-state index in [4.69, 9.17) is 4.52 Å². The van der Waals surface area contributed by atoms with E-state index in [2.05, 4.69) is 21.1 Å². The third-order valence-electron chi connectivity index (χ3n) is 5.02. The number of hydrogen-bond donors (Lipinski definition) is 0. The fourth-order valence-electron chi connectivity index (χ4n) is 3.91. The number of carbonyl (C=O) groups is 1. The van der Waals surface area contributed by atoms with E-state index >= 15 is 0 Å². The zero-order chi connectivity index (χ0) is 16.5. The van der Waals surface area contributed by atoms with Gasteiger partial charge < -0.3 is 9.42 Å². The van der Waals surface area contributed by atoms with Gasteiger partial charge in [-0.3, -0.25) is 14.7 Å². The molecule has 6 heteroatoms. The molecule has 2 atom stereocenters. The lowest BCUT2D eigenvalue weighted by Crippen LogP contribution is -2.47. The van der Waals surface area contributed by atoms with Crippen LogP contribution >= 0.6 is 0 Å². The quantitative estimate of drug-likeness (QED) is 0.864. The second-order valence-corrected chi connectivity index (χ2v) is 6.94. The fraction of sp³-hybridized carbons (Fsp3) is 0.500. The van der Waals surface area contributed by atoms with Crippen molar-refractivity contribution < 1.29 is 9.32 Å². The predicted octanol–water partition coefficient (Wildman–Crippen LogP) is 2.11. The van der Waals surface area contributed by atoms with Gasteiger partial charge in [0, 0.05) is 50.7 Å². The van der Waals surface area contributed by atoms with Crippen molar-refractivity contribution in [3.05, 3.63) is 47.6 Å². The average molecular weight is 326 g/mol. The molecule has 2 aromatic rings. The lowest BCUT2D eigenvalue weighted by atomic mass is 9.95. The summed E-state index contributed by atoms with van der Waals surface area (Å²) in [6, 6.07) is 6.07. The molecular formula is C18H22N4O2. The highest BCUT2D eigenvalue weighted by atomic mass is 16.5. The smallest absolute Gasteiger partial charge is 0.292 e. The minimum Gasteiger partial charge on any atom is -0.351 e. The molecule has 1 amide bonds. The number of rotatable bonds is 3. The molecule has 0 aliphatic carbocycles. The van der Waals surface area contributed by atoms with Gasteiger partial charge in [0.15, 0.2) is 0 Å². The lowest BCUT2D eigenvalue weighted by molar-refractivity contribution is 0.0543. The molecule has 0 radical (unpaired) electrons. The Morgan fingerprint density at radius 1 is 1.33 bits per heavy atom. The monoisotopic (exact) mass is 326 g/mol. The molecule has 3 aliphatic heterocycles. The molecule has 126 valence electrons. The average Bonchev–Trinajstić information content (AvgIpc) is 2.84. The van der Waals surface area contributed by atoms with Gasteiger partial charge >= 0.3 is 0 Å². The molecule has 3 saturated heterocycles. The third-order valence-corrected chi connectivity index (χ3v) is 5.02. The Balaban J connectivity index is 1.49. The van der Waals surface area contributed by atoms with Gasteiger partial charge in [-0.25, -0.2) is 0 Å². The van der Waals surface area contributed by atoms with Crippen molar-refractivity contribution in [2.75, 3.05) is 19.6 Å². The van der Waals surface area contributed by atoms with Crippen LogP contribution in [0.3, 0.4) is 0 Å². The van der Waals surface area contributed by atoms with Crippen LogP contribution in [0.4, 0.5) is 0 Å². The molecule has 2 aromatic heterocycles. The van der Waals surface area contributed by atoms with Crippen molar-refractivity contribution in [3.8, 4) is 0 Å². The van der Waals surface area contributed by atoms with Crippen molar-refractivity contribution in [1.29, 1.82) is 0 Å². The first-order valence-electron chi connectivity index (χ1n) is 8.54. The van der Waals surface area contributed by atoms with Crippen molar-refractivity contribution in [2.24, 2.45) is 5.92 Å². The lowest BCUT2D eigenvalue weighted by Gasteiger charge is -2.35. The summed E-state index contributed by atoms with van der Waals surface area (Å²) < 4.78 is 5.19. The molecule has 3 aliphatic rings. The van der Waals surface area contributed by atoms with E-state index in [-0.39, 0.29) is 11.9 Å². The van der Waals surface area contributed by atoms with Crippen LogP contribution in [0.1, 0.15) is 34.7 Å². The van der Waals surface area contributed by atoms with Crippen LogP contribution in [0.15, 0.2) is 35.1 Å². The molecule has 5 heterocycles. The van der Waals surface area contributed by atoms with E-state index < -0.39 is 0 Å². The number of hydrogen-bond acceptors (Lipinski definition) is 5. The van der Waals surface area contributed by atoms with Gasteiger partial charge in [-0.15, -0.1) is 0 Å². The van der Waals surface area contributed by atoms with Crippen LogP contribution in [-0.4, -0.2) is 51.5 Å². The number of nitrogens with zero attached hydrogens (tertiary/aromatic N) is 4. The third kappa shape index (κ3) is 3.06. The van der Waals surface area contributed by atoms with Gasteiger partial charge in [-0.05, 0) is 37.3 Å². The first-order valence-corrected chi connectivity index (χ1v) is 8.54.